The first-order valence-electron chi connectivity index (χ1n) is 13.2. The topological polar surface area (TPSA) is 276 Å². The molecule has 0 heterocycles. The summed E-state index contributed by atoms with van der Waals surface area (Å²) in [7, 11) is 0. The first kappa shape index (κ1) is 64.7. The Kier molecular flexibility index (Phi) is 81.3. The quantitative estimate of drug-likeness (QED) is 0.132. The van der Waals surface area contributed by atoms with Gasteiger partial charge in [-0.25, -0.2) is 0 Å². The number of carboxylic acid groups (broad SMARTS) is 4. The minimum absolute atomic E-state index is 0.103. The van der Waals surface area contributed by atoms with Crippen molar-refractivity contribution >= 4 is 47.4 Å². The molecule has 0 bridgehead atoms. The molecule has 0 aromatic heterocycles. The van der Waals surface area contributed by atoms with E-state index in [1.54, 1.807) is 41.5 Å². The summed E-state index contributed by atoms with van der Waals surface area (Å²) in [4.78, 5) is 77.3. The number of carbonyl (C=O) groups is 8. The molecule has 0 aliphatic heterocycles. The summed E-state index contributed by atoms with van der Waals surface area (Å²) in [6, 6.07) is 0. The molecule has 0 aliphatic carbocycles. The molecule has 0 amide bonds. The SMILES string of the molecule is CC(=O)O.CC(=O)O.CC(=O)O.CC(=O)O.CC(C)O.CC(C)O.CCOC(=O)CC(C)=O.CCOC(=O)CC(C)=O.C[CH2][Ti]. The third-order valence-electron chi connectivity index (χ3n) is 1.40. The maximum absolute atomic E-state index is 10.4. The van der Waals surface area contributed by atoms with Crippen LogP contribution in [-0.2, 0) is 68.3 Å². The third kappa shape index (κ3) is 527. The molecule has 0 saturated heterocycles. The van der Waals surface area contributed by atoms with Gasteiger partial charge in [-0.05, 0) is 55.4 Å². The van der Waals surface area contributed by atoms with E-state index in [0.29, 0.717) is 13.2 Å². The van der Waals surface area contributed by atoms with Gasteiger partial charge in [0.05, 0.1) is 13.2 Å². The van der Waals surface area contributed by atoms with Gasteiger partial charge in [-0.1, -0.05) is 0 Å². The van der Waals surface area contributed by atoms with E-state index in [2.05, 4.69) is 36.8 Å². The molecule has 269 valence electrons. The van der Waals surface area contributed by atoms with E-state index in [1.165, 1.54) is 18.6 Å². The van der Waals surface area contributed by atoms with Crippen LogP contribution in [0.1, 0.15) is 103 Å². The Morgan fingerprint density at radius 1 is 0.511 bits per heavy atom. The molecule has 45 heavy (non-hydrogen) atoms. The predicted octanol–water partition coefficient (Wildman–Crippen LogP) is 3.17. The second kappa shape index (κ2) is 56.6. The summed E-state index contributed by atoms with van der Waals surface area (Å²) in [5.74, 6) is -4.53. The molecule has 0 fully saturated rings. The summed E-state index contributed by atoms with van der Waals surface area (Å²) in [5, 5.41) is 45.8. The molecule has 0 radical (unpaired) electrons. The summed E-state index contributed by atoms with van der Waals surface area (Å²) in [5.41, 5.74) is 0. The van der Waals surface area contributed by atoms with Crippen LogP contribution in [0.15, 0.2) is 0 Å². The fourth-order valence-corrected chi connectivity index (χ4v) is 0.831. The molecule has 0 aromatic rings. The summed E-state index contributed by atoms with van der Waals surface area (Å²) in [6.45, 7) is 20.2. The Morgan fingerprint density at radius 2 is 0.622 bits per heavy atom. The van der Waals surface area contributed by atoms with Crippen LogP contribution in [0, 0.1) is 0 Å². The van der Waals surface area contributed by atoms with Crippen molar-refractivity contribution in [2.75, 3.05) is 13.2 Å². The Hall–Kier alpha value is -3.21. The van der Waals surface area contributed by atoms with Crippen LogP contribution in [0.3, 0.4) is 0 Å². The van der Waals surface area contributed by atoms with Gasteiger partial charge in [0.15, 0.2) is 0 Å². The average Bonchev–Trinajstić information content (AvgIpc) is 2.71. The number of rotatable bonds is 6. The number of hydrogen-bond donors (Lipinski definition) is 6. The van der Waals surface area contributed by atoms with Crippen LogP contribution in [0.4, 0.5) is 0 Å². The van der Waals surface area contributed by atoms with E-state index in [1.807, 2.05) is 0 Å². The second-order valence-electron chi connectivity index (χ2n) is 7.98. The first-order chi connectivity index (χ1) is 20.1. The molecule has 0 rings (SSSR count). The van der Waals surface area contributed by atoms with Crippen LogP contribution in [-0.4, -0.2) is 103 Å². The monoisotopic (exact) mass is 697 g/mol. The van der Waals surface area contributed by atoms with Crippen LogP contribution in [0.2, 0.25) is 4.73 Å². The first-order valence-corrected chi connectivity index (χ1v) is 14.3. The summed E-state index contributed by atoms with van der Waals surface area (Å²) >= 11 is 2.12. The molecule has 0 unspecified atom stereocenters. The number of ether oxygens (including phenoxy) is 2. The van der Waals surface area contributed by atoms with Crippen molar-refractivity contribution in [1.82, 2.24) is 0 Å². The van der Waals surface area contributed by atoms with Gasteiger partial charge >= 0.3 is 44.0 Å². The zero-order valence-corrected chi connectivity index (χ0v) is 30.5. The van der Waals surface area contributed by atoms with E-state index in [9.17, 15) is 19.2 Å². The van der Waals surface area contributed by atoms with Crippen molar-refractivity contribution in [2.24, 2.45) is 0 Å². The van der Waals surface area contributed by atoms with E-state index >= 15 is 0 Å². The van der Waals surface area contributed by atoms with Gasteiger partial charge in [0, 0.05) is 39.9 Å². The maximum atomic E-state index is 10.4. The number of esters is 2. The molecule has 0 aliphatic rings. The fraction of sp³-hybridized carbons (Fsp3) is 0.714. The normalized spacial score (nSPS) is 7.64. The number of carbonyl (C=O) groups excluding carboxylic acids is 4. The second-order valence-corrected chi connectivity index (χ2v) is 9.09. The number of aliphatic hydroxyl groups excluding tert-OH is 2. The standard InChI is InChI=1S/2C6H10O3.2C3H8O.4C2H4O2.C2H5.Ti/c2*1-3-9-6(8)4-5(2)7;2*1-3(2)4;4*1-2(3)4;1-2;/h2*3-4H2,1-2H3;2*3-4H,1-2H3;4*1H3,(H,3,4);1H2,2H3;. The average molecular weight is 698 g/mol. The zero-order chi connectivity index (χ0) is 38.7. The summed E-state index contributed by atoms with van der Waals surface area (Å²) < 4.78 is 10.2. The van der Waals surface area contributed by atoms with E-state index in [-0.39, 0.29) is 36.6 Å². The molecular weight excluding hydrogens is 640 g/mol. The van der Waals surface area contributed by atoms with Crippen molar-refractivity contribution in [1.29, 1.82) is 0 Å². The van der Waals surface area contributed by atoms with Crippen LogP contribution >= 0.6 is 0 Å². The van der Waals surface area contributed by atoms with E-state index < -0.39 is 35.8 Å². The van der Waals surface area contributed by atoms with E-state index in [4.69, 9.17) is 49.8 Å². The van der Waals surface area contributed by atoms with Crippen LogP contribution < -0.4 is 0 Å². The molecule has 0 aromatic carbocycles. The van der Waals surface area contributed by atoms with Crippen molar-refractivity contribution in [3.05, 3.63) is 0 Å². The zero-order valence-electron chi connectivity index (χ0n) is 29.0. The molecule has 0 atom stereocenters. The number of hydrogen-bond acceptors (Lipinski definition) is 12. The van der Waals surface area contributed by atoms with Crippen LogP contribution in [0.25, 0.3) is 0 Å². The third-order valence-corrected chi connectivity index (χ3v) is 1.40. The van der Waals surface area contributed by atoms with Crippen molar-refractivity contribution in [3.63, 3.8) is 0 Å². The van der Waals surface area contributed by atoms with Gasteiger partial charge in [-0.15, -0.1) is 0 Å². The van der Waals surface area contributed by atoms with Crippen molar-refractivity contribution in [2.45, 2.75) is 120 Å². The van der Waals surface area contributed by atoms with Crippen LogP contribution in [0.5, 0.6) is 0 Å². The minimum atomic E-state index is -0.833. The van der Waals surface area contributed by atoms with Gasteiger partial charge < -0.3 is 40.1 Å². The van der Waals surface area contributed by atoms with Gasteiger partial charge in [-0.3, -0.25) is 38.4 Å². The Bertz CT molecular complexity index is 631. The van der Waals surface area contributed by atoms with Gasteiger partial charge in [0.1, 0.15) is 24.4 Å². The summed E-state index contributed by atoms with van der Waals surface area (Å²) in [6.07, 6.45) is -0.540. The predicted molar refractivity (Wildman–Crippen MR) is 162 cm³/mol. The number of aliphatic carboxylic acids is 4. The van der Waals surface area contributed by atoms with Crippen molar-refractivity contribution < 1.29 is 98.9 Å². The van der Waals surface area contributed by atoms with Gasteiger partial charge in [-0.2, -0.15) is 0 Å². The number of ketones is 2. The van der Waals surface area contributed by atoms with E-state index in [0.717, 1.165) is 27.7 Å². The van der Waals surface area contributed by atoms with Crippen molar-refractivity contribution in [3.8, 4) is 0 Å². The molecular formula is C28H57O16Ti. The fourth-order valence-electron chi connectivity index (χ4n) is 0.831. The molecule has 17 heteroatoms. The Morgan fingerprint density at radius 3 is 0.689 bits per heavy atom. The number of aliphatic hydroxyl groups is 2. The Labute approximate surface area is 278 Å². The molecule has 0 saturated carbocycles. The molecule has 0 spiro atoms. The molecule has 16 nitrogen and oxygen atoms in total. The van der Waals surface area contributed by atoms with Gasteiger partial charge in [0.2, 0.25) is 0 Å². The molecule has 6 N–H and O–H groups in total. The number of Topliss-reactive ketones (excluding diaryl/α,β-unsaturated/α-hetero) is 2. The number of carboxylic acids is 4. The Balaban J connectivity index is -0.0000000479. The van der Waals surface area contributed by atoms with Gasteiger partial charge in [0.25, 0.3) is 23.9 Å².